The number of aryl methyl sites for hydroxylation is 3. The number of rotatable bonds is 4. The maximum Gasteiger partial charge on any atom is 0.260 e. The van der Waals surface area contributed by atoms with Gasteiger partial charge in [0.25, 0.3) is 5.91 Å². The molecule has 0 N–H and O–H groups in total. The number of aromatic nitrogens is 2. The van der Waals surface area contributed by atoms with Crippen LogP contribution < -0.4 is 4.90 Å². The molecule has 0 aliphatic carbocycles. The molecule has 4 aromatic rings. The summed E-state index contributed by atoms with van der Waals surface area (Å²) in [4.78, 5) is 24.3. The molecular formula is C23H21N3OS. The maximum absolute atomic E-state index is 13.4. The molecule has 0 saturated carbocycles. The third-order valence-electron chi connectivity index (χ3n) is 4.60. The van der Waals surface area contributed by atoms with Gasteiger partial charge in [0.05, 0.1) is 22.5 Å². The lowest BCUT2D eigenvalue weighted by Crippen LogP contribution is -2.30. The van der Waals surface area contributed by atoms with Gasteiger partial charge in [0.15, 0.2) is 5.13 Å². The molecule has 0 spiro atoms. The molecule has 1 amide bonds. The monoisotopic (exact) mass is 387 g/mol. The summed E-state index contributed by atoms with van der Waals surface area (Å²) < 4.78 is 1.11. The molecule has 0 atom stereocenters. The van der Waals surface area contributed by atoms with E-state index in [-0.39, 0.29) is 5.91 Å². The molecule has 2 aromatic carbocycles. The molecule has 28 heavy (non-hydrogen) atoms. The number of benzene rings is 2. The lowest BCUT2D eigenvalue weighted by Gasteiger charge is -2.19. The van der Waals surface area contributed by atoms with Crippen molar-refractivity contribution in [3.05, 3.63) is 88.7 Å². The van der Waals surface area contributed by atoms with Crippen molar-refractivity contribution in [2.45, 2.75) is 27.3 Å². The lowest BCUT2D eigenvalue weighted by atomic mass is 10.1. The number of carbonyl (C=O) groups excluding carboxylic acids is 1. The summed E-state index contributed by atoms with van der Waals surface area (Å²) in [7, 11) is 0. The first kappa shape index (κ1) is 18.3. The van der Waals surface area contributed by atoms with E-state index in [1.165, 1.54) is 11.1 Å². The van der Waals surface area contributed by atoms with Crippen LogP contribution in [0, 0.1) is 20.8 Å². The van der Waals surface area contributed by atoms with Crippen LogP contribution >= 0.6 is 11.3 Å². The molecule has 0 radical (unpaired) electrons. The number of hydrogen-bond acceptors (Lipinski definition) is 4. The highest BCUT2D eigenvalue weighted by Crippen LogP contribution is 2.33. The summed E-state index contributed by atoms with van der Waals surface area (Å²) in [5, 5.41) is 0.695. The zero-order valence-corrected chi connectivity index (χ0v) is 17.0. The minimum Gasteiger partial charge on any atom is -0.278 e. The fourth-order valence-electron chi connectivity index (χ4n) is 3.29. The van der Waals surface area contributed by atoms with Gasteiger partial charge in [0.1, 0.15) is 0 Å². The predicted molar refractivity (Wildman–Crippen MR) is 115 cm³/mol. The predicted octanol–water partition coefficient (Wildman–Crippen LogP) is 5.46. The molecule has 2 heterocycles. The van der Waals surface area contributed by atoms with Gasteiger partial charge < -0.3 is 0 Å². The van der Waals surface area contributed by atoms with Crippen LogP contribution in [0.15, 0.2) is 60.8 Å². The summed E-state index contributed by atoms with van der Waals surface area (Å²) in [6.07, 6.45) is 1.75. The molecule has 140 valence electrons. The second-order valence-electron chi connectivity index (χ2n) is 7.01. The summed E-state index contributed by atoms with van der Waals surface area (Å²) >= 11 is 1.55. The Morgan fingerprint density at radius 1 is 1.00 bits per heavy atom. The zero-order chi connectivity index (χ0) is 19.7. The summed E-state index contributed by atoms with van der Waals surface area (Å²) in [5.74, 6) is -0.0669. The number of anilines is 1. The van der Waals surface area contributed by atoms with Crippen molar-refractivity contribution in [1.29, 1.82) is 0 Å². The minimum atomic E-state index is -0.0669. The fraction of sp³-hybridized carbons (Fsp3) is 0.174. The van der Waals surface area contributed by atoms with E-state index in [1.807, 2.05) is 49.4 Å². The number of thiazole rings is 1. The van der Waals surface area contributed by atoms with Crippen LogP contribution in [-0.2, 0) is 6.54 Å². The lowest BCUT2D eigenvalue weighted by molar-refractivity contribution is 0.0984. The summed E-state index contributed by atoms with van der Waals surface area (Å²) in [5.41, 5.74) is 5.82. The van der Waals surface area contributed by atoms with E-state index in [0.29, 0.717) is 17.2 Å². The maximum atomic E-state index is 13.4. The Morgan fingerprint density at radius 2 is 1.86 bits per heavy atom. The number of amides is 1. The van der Waals surface area contributed by atoms with Gasteiger partial charge in [0, 0.05) is 11.8 Å². The van der Waals surface area contributed by atoms with Crippen LogP contribution in [0.5, 0.6) is 0 Å². The summed E-state index contributed by atoms with van der Waals surface area (Å²) in [6.45, 7) is 6.52. The van der Waals surface area contributed by atoms with Crippen molar-refractivity contribution >= 4 is 32.6 Å². The van der Waals surface area contributed by atoms with Crippen LogP contribution in [0.4, 0.5) is 5.13 Å². The Morgan fingerprint density at radius 3 is 2.61 bits per heavy atom. The fourth-order valence-corrected chi connectivity index (χ4v) is 4.31. The third-order valence-corrected chi connectivity index (χ3v) is 5.83. The highest BCUT2D eigenvalue weighted by Gasteiger charge is 2.22. The molecule has 0 bridgehead atoms. The Labute approximate surface area is 168 Å². The first-order chi connectivity index (χ1) is 13.5. The second kappa shape index (κ2) is 7.52. The molecular weight excluding hydrogens is 366 g/mol. The smallest absolute Gasteiger partial charge is 0.260 e. The van der Waals surface area contributed by atoms with Gasteiger partial charge in [-0.2, -0.15) is 0 Å². The molecule has 2 aromatic heterocycles. The Bertz CT molecular complexity index is 1150. The molecule has 4 nitrogen and oxygen atoms in total. The van der Waals surface area contributed by atoms with Crippen LogP contribution in [0.2, 0.25) is 0 Å². The first-order valence-electron chi connectivity index (χ1n) is 9.17. The molecule has 0 saturated heterocycles. The molecule has 5 heteroatoms. The average molecular weight is 388 g/mol. The van der Waals surface area contributed by atoms with Crippen LogP contribution in [-0.4, -0.2) is 15.9 Å². The van der Waals surface area contributed by atoms with Crippen molar-refractivity contribution in [1.82, 2.24) is 9.97 Å². The van der Waals surface area contributed by atoms with Crippen LogP contribution in [0.25, 0.3) is 10.2 Å². The van der Waals surface area contributed by atoms with Gasteiger partial charge >= 0.3 is 0 Å². The van der Waals surface area contributed by atoms with E-state index in [0.717, 1.165) is 21.5 Å². The Hall–Kier alpha value is -3.05. The minimum absolute atomic E-state index is 0.0669. The molecule has 4 rings (SSSR count). The first-order valence-corrected chi connectivity index (χ1v) is 9.99. The number of nitrogens with zero attached hydrogens (tertiary/aromatic N) is 3. The standard InChI is InChI=1S/C23H21N3OS/c1-15-7-6-8-18(12-15)22(27)26(14-19-9-4-5-10-24-19)23-25-20-13-16(2)11-17(3)21(20)28-23/h4-13H,14H2,1-3H3. The van der Waals surface area contributed by atoms with Crippen molar-refractivity contribution in [2.75, 3.05) is 4.90 Å². The summed E-state index contributed by atoms with van der Waals surface area (Å²) in [6, 6.07) is 17.6. The van der Waals surface area contributed by atoms with E-state index in [2.05, 4.69) is 31.0 Å². The molecule has 0 unspecified atom stereocenters. The Kier molecular flexibility index (Phi) is 4.92. The van der Waals surface area contributed by atoms with E-state index in [1.54, 1.807) is 22.4 Å². The molecule has 0 aliphatic rings. The van der Waals surface area contributed by atoms with Gasteiger partial charge in [-0.25, -0.2) is 4.98 Å². The van der Waals surface area contributed by atoms with Crippen molar-refractivity contribution < 1.29 is 4.79 Å². The average Bonchev–Trinajstić information content (AvgIpc) is 3.10. The van der Waals surface area contributed by atoms with Crippen molar-refractivity contribution in [3.8, 4) is 0 Å². The van der Waals surface area contributed by atoms with Crippen LogP contribution in [0.3, 0.4) is 0 Å². The third kappa shape index (κ3) is 3.66. The van der Waals surface area contributed by atoms with Crippen molar-refractivity contribution in [2.24, 2.45) is 0 Å². The second-order valence-corrected chi connectivity index (χ2v) is 7.99. The van der Waals surface area contributed by atoms with Crippen molar-refractivity contribution in [3.63, 3.8) is 0 Å². The van der Waals surface area contributed by atoms with Gasteiger partial charge in [-0.1, -0.05) is 41.2 Å². The SMILES string of the molecule is Cc1cccc(C(=O)N(Cc2ccccn2)c2nc3cc(C)cc(C)c3s2)c1. The van der Waals surface area contributed by atoms with Gasteiger partial charge in [-0.15, -0.1) is 0 Å². The van der Waals surface area contributed by atoms with E-state index < -0.39 is 0 Å². The molecule has 0 fully saturated rings. The van der Waals surface area contributed by atoms with Gasteiger partial charge in [-0.3, -0.25) is 14.7 Å². The highest BCUT2D eigenvalue weighted by atomic mass is 32.1. The molecule has 0 aliphatic heterocycles. The largest absolute Gasteiger partial charge is 0.278 e. The van der Waals surface area contributed by atoms with Crippen LogP contribution in [0.1, 0.15) is 32.7 Å². The van der Waals surface area contributed by atoms with E-state index in [4.69, 9.17) is 4.98 Å². The van der Waals surface area contributed by atoms with E-state index in [9.17, 15) is 4.79 Å². The number of pyridine rings is 1. The zero-order valence-electron chi connectivity index (χ0n) is 16.1. The number of hydrogen-bond donors (Lipinski definition) is 0. The van der Waals surface area contributed by atoms with Gasteiger partial charge in [-0.05, 0) is 62.2 Å². The number of carbonyl (C=O) groups is 1. The number of fused-ring (bicyclic) bond motifs is 1. The normalized spacial score (nSPS) is 11.0. The quantitative estimate of drug-likeness (QED) is 0.467. The topological polar surface area (TPSA) is 46.1 Å². The van der Waals surface area contributed by atoms with Gasteiger partial charge in [0.2, 0.25) is 0 Å². The van der Waals surface area contributed by atoms with E-state index >= 15 is 0 Å². The Balaban J connectivity index is 1.80. The highest BCUT2D eigenvalue weighted by molar-refractivity contribution is 7.22.